The SMILES string of the molecule is C=C(C)CCC(NCCC)c1ccc(F)c(Br)c1. The van der Waals surface area contributed by atoms with Gasteiger partial charge in [-0.15, -0.1) is 6.58 Å². The molecule has 0 spiro atoms. The predicted octanol–water partition coefficient (Wildman–Crippen LogP) is 4.99. The quantitative estimate of drug-likeness (QED) is 0.700. The maximum atomic E-state index is 13.2. The van der Waals surface area contributed by atoms with Crippen molar-refractivity contribution in [1.29, 1.82) is 0 Å². The molecular weight excluding hydrogens is 293 g/mol. The van der Waals surface area contributed by atoms with Gasteiger partial charge in [0.15, 0.2) is 0 Å². The first-order valence-corrected chi connectivity index (χ1v) is 7.16. The van der Waals surface area contributed by atoms with E-state index in [2.05, 4.69) is 34.7 Å². The zero-order valence-electron chi connectivity index (χ0n) is 11.1. The molecule has 0 aliphatic heterocycles. The standard InChI is InChI=1S/C15H21BrFN/c1-4-9-18-15(8-5-11(2)3)12-6-7-14(17)13(16)10-12/h6-7,10,15,18H,2,4-5,8-9H2,1,3H3. The highest BCUT2D eigenvalue weighted by molar-refractivity contribution is 9.10. The Morgan fingerprint density at radius 2 is 2.22 bits per heavy atom. The third-order valence-electron chi connectivity index (χ3n) is 2.85. The van der Waals surface area contributed by atoms with Gasteiger partial charge in [0.05, 0.1) is 4.47 Å². The molecule has 0 heterocycles. The summed E-state index contributed by atoms with van der Waals surface area (Å²) in [5.41, 5.74) is 2.30. The second-order valence-electron chi connectivity index (χ2n) is 4.68. The van der Waals surface area contributed by atoms with Gasteiger partial charge in [-0.3, -0.25) is 0 Å². The summed E-state index contributed by atoms with van der Waals surface area (Å²) in [5.74, 6) is -0.215. The second kappa shape index (κ2) is 7.70. The first-order valence-electron chi connectivity index (χ1n) is 6.37. The van der Waals surface area contributed by atoms with Crippen LogP contribution in [0.1, 0.15) is 44.7 Å². The summed E-state index contributed by atoms with van der Waals surface area (Å²) in [6.07, 6.45) is 3.07. The van der Waals surface area contributed by atoms with Crippen LogP contribution in [0, 0.1) is 5.82 Å². The minimum absolute atomic E-state index is 0.215. The van der Waals surface area contributed by atoms with Crippen molar-refractivity contribution in [2.75, 3.05) is 6.54 Å². The van der Waals surface area contributed by atoms with E-state index >= 15 is 0 Å². The number of allylic oxidation sites excluding steroid dienone is 1. The van der Waals surface area contributed by atoms with Gasteiger partial charge >= 0.3 is 0 Å². The molecule has 18 heavy (non-hydrogen) atoms. The first kappa shape index (κ1) is 15.4. The van der Waals surface area contributed by atoms with Gasteiger partial charge in [-0.05, 0) is 66.4 Å². The van der Waals surface area contributed by atoms with Gasteiger partial charge < -0.3 is 5.32 Å². The molecule has 1 rings (SSSR count). The van der Waals surface area contributed by atoms with E-state index in [0.717, 1.165) is 31.4 Å². The van der Waals surface area contributed by atoms with E-state index in [-0.39, 0.29) is 11.9 Å². The van der Waals surface area contributed by atoms with Gasteiger partial charge in [0.2, 0.25) is 0 Å². The average Bonchev–Trinajstić information content (AvgIpc) is 2.33. The van der Waals surface area contributed by atoms with E-state index < -0.39 is 0 Å². The van der Waals surface area contributed by atoms with Crippen LogP contribution in [-0.2, 0) is 0 Å². The number of nitrogens with one attached hydrogen (secondary N) is 1. The minimum Gasteiger partial charge on any atom is -0.310 e. The number of hydrogen-bond acceptors (Lipinski definition) is 1. The normalized spacial score (nSPS) is 12.4. The van der Waals surface area contributed by atoms with Crippen molar-refractivity contribution in [3.8, 4) is 0 Å². The summed E-state index contributed by atoms with van der Waals surface area (Å²) in [6.45, 7) is 9.09. The highest BCUT2D eigenvalue weighted by atomic mass is 79.9. The lowest BCUT2D eigenvalue weighted by Crippen LogP contribution is -2.22. The van der Waals surface area contributed by atoms with Gasteiger partial charge in [-0.1, -0.05) is 18.6 Å². The summed E-state index contributed by atoms with van der Waals surface area (Å²) in [5, 5.41) is 3.50. The lowest BCUT2D eigenvalue weighted by atomic mass is 10.00. The Balaban J connectivity index is 2.79. The first-order chi connectivity index (χ1) is 8.54. The topological polar surface area (TPSA) is 12.0 Å². The highest BCUT2D eigenvalue weighted by Gasteiger charge is 2.12. The van der Waals surface area contributed by atoms with E-state index in [1.807, 2.05) is 19.1 Å². The van der Waals surface area contributed by atoms with Gasteiger partial charge in [-0.2, -0.15) is 0 Å². The molecule has 0 aromatic heterocycles. The molecule has 0 saturated heterocycles. The molecule has 1 aromatic rings. The van der Waals surface area contributed by atoms with Crippen LogP contribution in [0.15, 0.2) is 34.8 Å². The summed E-state index contributed by atoms with van der Waals surface area (Å²) in [7, 11) is 0. The predicted molar refractivity (Wildman–Crippen MR) is 79.2 cm³/mol. The van der Waals surface area contributed by atoms with Crippen LogP contribution in [0.3, 0.4) is 0 Å². The molecule has 0 aliphatic rings. The summed E-state index contributed by atoms with van der Waals surface area (Å²) < 4.78 is 13.8. The molecule has 1 unspecified atom stereocenters. The smallest absolute Gasteiger partial charge is 0.137 e. The molecule has 1 N–H and O–H groups in total. The van der Waals surface area contributed by atoms with Crippen molar-refractivity contribution in [1.82, 2.24) is 5.32 Å². The zero-order valence-corrected chi connectivity index (χ0v) is 12.7. The molecule has 0 amide bonds. The number of halogens is 2. The zero-order chi connectivity index (χ0) is 13.5. The van der Waals surface area contributed by atoms with Crippen molar-refractivity contribution in [3.05, 3.63) is 46.2 Å². The van der Waals surface area contributed by atoms with Crippen LogP contribution in [0.4, 0.5) is 4.39 Å². The van der Waals surface area contributed by atoms with Crippen molar-refractivity contribution in [3.63, 3.8) is 0 Å². The van der Waals surface area contributed by atoms with E-state index in [4.69, 9.17) is 0 Å². The van der Waals surface area contributed by atoms with Crippen molar-refractivity contribution >= 4 is 15.9 Å². The van der Waals surface area contributed by atoms with E-state index in [9.17, 15) is 4.39 Å². The van der Waals surface area contributed by atoms with Gasteiger partial charge in [0.1, 0.15) is 5.82 Å². The third kappa shape index (κ3) is 4.91. The average molecular weight is 314 g/mol. The van der Waals surface area contributed by atoms with Crippen LogP contribution in [0.2, 0.25) is 0 Å². The van der Waals surface area contributed by atoms with Crippen LogP contribution >= 0.6 is 15.9 Å². The van der Waals surface area contributed by atoms with E-state index in [1.165, 1.54) is 11.6 Å². The Morgan fingerprint density at radius 1 is 1.50 bits per heavy atom. The van der Waals surface area contributed by atoms with Gasteiger partial charge in [-0.25, -0.2) is 4.39 Å². The Morgan fingerprint density at radius 3 is 2.78 bits per heavy atom. The molecule has 100 valence electrons. The van der Waals surface area contributed by atoms with Crippen LogP contribution in [-0.4, -0.2) is 6.54 Å². The summed E-state index contributed by atoms with van der Waals surface area (Å²) in [6, 6.07) is 5.49. The lowest BCUT2D eigenvalue weighted by Gasteiger charge is -2.19. The lowest BCUT2D eigenvalue weighted by molar-refractivity contribution is 0.497. The molecule has 1 atom stereocenters. The maximum Gasteiger partial charge on any atom is 0.137 e. The van der Waals surface area contributed by atoms with Crippen LogP contribution in [0.5, 0.6) is 0 Å². The molecule has 0 saturated carbocycles. The van der Waals surface area contributed by atoms with Crippen molar-refractivity contribution in [2.45, 2.75) is 39.2 Å². The number of hydrogen-bond donors (Lipinski definition) is 1. The van der Waals surface area contributed by atoms with Crippen LogP contribution < -0.4 is 5.32 Å². The maximum absolute atomic E-state index is 13.2. The molecule has 0 fully saturated rings. The fraction of sp³-hybridized carbons (Fsp3) is 0.467. The fourth-order valence-corrected chi connectivity index (χ4v) is 2.22. The Labute approximate surface area is 118 Å². The molecule has 0 radical (unpaired) electrons. The molecule has 3 heteroatoms. The summed E-state index contributed by atoms with van der Waals surface area (Å²) >= 11 is 3.24. The van der Waals surface area contributed by atoms with Gasteiger partial charge in [0, 0.05) is 6.04 Å². The van der Waals surface area contributed by atoms with E-state index in [0.29, 0.717) is 4.47 Å². The van der Waals surface area contributed by atoms with Crippen LogP contribution in [0.25, 0.3) is 0 Å². The Kier molecular flexibility index (Phi) is 6.58. The Hall–Kier alpha value is -0.670. The largest absolute Gasteiger partial charge is 0.310 e. The highest BCUT2D eigenvalue weighted by Crippen LogP contribution is 2.25. The fourth-order valence-electron chi connectivity index (χ4n) is 1.83. The molecule has 1 nitrogen and oxygen atoms in total. The van der Waals surface area contributed by atoms with E-state index in [1.54, 1.807) is 0 Å². The number of benzene rings is 1. The van der Waals surface area contributed by atoms with Gasteiger partial charge in [0.25, 0.3) is 0 Å². The third-order valence-corrected chi connectivity index (χ3v) is 3.45. The number of rotatable bonds is 7. The van der Waals surface area contributed by atoms with Crippen molar-refractivity contribution in [2.24, 2.45) is 0 Å². The Bertz CT molecular complexity index is 403. The summed E-state index contributed by atoms with van der Waals surface area (Å²) in [4.78, 5) is 0. The molecule has 0 bridgehead atoms. The molecule has 1 aromatic carbocycles. The molecular formula is C15H21BrFN. The van der Waals surface area contributed by atoms with Crippen molar-refractivity contribution < 1.29 is 4.39 Å². The monoisotopic (exact) mass is 313 g/mol. The minimum atomic E-state index is -0.215. The molecule has 0 aliphatic carbocycles. The second-order valence-corrected chi connectivity index (χ2v) is 5.53.